The Hall–Kier alpha value is -0.300. The SMILES string of the molecule is C=C[C@H](C)[C@@](C)(O)CC. The summed E-state index contributed by atoms with van der Waals surface area (Å²) < 4.78 is 0. The van der Waals surface area contributed by atoms with Gasteiger partial charge in [0.25, 0.3) is 0 Å². The van der Waals surface area contributed by atoms with Crippen LogP contribution in [0.15, 0.2) is 12.7 Å². The number of hydrogen-bond acceptors (Lipinski definition) is 1. The van der Waals surface area contributed by atoms with Crippen molar-refractivity contribution in [3.8, 4) is 0 Å². The summed E-state index contributed by atoms with van der Waals surface area (Å²) in [6.45, 7) is 9.39. The van der Waals surface area contributed by atoms with E-state index in [1.807, 2.05) is 20.8 Å². The third kappa shape index (κ3) is 2.19. The zero-order valence-electron chi connectivity index (χ0n) is 6.52. The molecule has 0 aromatic carbocycles. The van der Waals surface area contributed by atoms with Crippen LogP contribution in [0.2, 0.25) is 0 Å². The highest BCUT2D eigenvalue weighted by Crippen LogP contribution is 2.20. The molecule has 54 valence electrons. The van der Waals surface area contributed by atoms with Crippen molar-refractivity contribution in [2.45, 2.75) is 32.8 Å². The molecule has 0 unspecified atom stereocenters. The molecule has 0 amide bonds. The van der Waals surface area contributed by atoms with Crippen LogP contribution in [0.1, 0.15) is 27.2 Å². The van der Waals surface area contributed by atoms with Crippen molar-refractivity contribution < 1.29 is 5.11 Å². The summed E-state index contributed by atoms with van der Waals surface area (Å²) in [7, 11) is 0. The Balaban J connectivity index is 3.95. The highest BCUT2D eigenvalue weighted by atomic mass is 16.3. The van der Waals surface area contributed by atoms with Crippen LogP contribution in [-0.4, -0.2) is 10.7 Å². The van der Waals surface area contributed by atoms with Crippen LogP contribution < -0.4 is 0 Å². The standard InChI is InChI=1S/C8H16O/c1-5-7(3)8(4,9)6-2/h5,7,9H,1,6H2,2-4H3/t7-,8-/m0/s1. The Kier molecular flexibility index (Phi) is 2.92. The van der Waals surface area contributed by atoms with Gasteiger partial charge in [-0.1, -0.05) is 19.9 Å². The Morgan fingerprint density at radius 2 is 2.22 bits per heavy atom. The summed E-state index contributed by atoms with van der Waals surface area (Å²) >= 11 is 0. The maximum absolute atomic E-state index is 9.52. The van der Waals surface area contributed by atoms with Crippen molar-refractivity contribution in [1.29, 1.82) is 0 Å². The zero-order valence-corrected chi connectivity index (χ0v) is 6.52. The molecule has 0 fully saturated rings. The van der Waals surface area contributed by atoms with Gasteiger partial charge in [-0.3, -0.25) is 0 Å². The van der Waals surface area contributed by atoms with E-state index in [2.05, 4.69) is 6.58 Å². The van der Waals surface area contributed by atoms with Gasteiger partial charge in [-0.15, -0.1) is 6.58 Å². The van der Waals surface area contributed by atoms with E-state index in [0.29, 0.717) is 0 Å². The molecular formula is C8H16O. The van der Waals surface area contributed by atoms with Gasteiger partial charge in [-0.05, 0) is 13.3 Å². The van der Waals surface area contributed by atoms with E-state index in [9.17, 15) is 5.11 Å². The molecule has 0 radical (unpaired) electrons. The molecule has 0 aliphatic heterocycles. The average Bonchev–Trinajstić information content (AvgIpc) is 1.86. The molecule has 0 aliphatic rings. The van der Waals surface area contributed by atoms with Crippen LogP contribution in [0.25, 0.3) is 0 Å². The van der Waals surface area contributed by atoms with Crippen LogP contribution in [0.5, 0.6) is 0 Å². The molecule has 0 aromatic rings. The molecule has 2 atom stereocenters. The smallest absolute Gasteiger partial charge is 0.0676 e. The summed E-state index contributed by atoms with van der Waals surface area (Å²) in [5.74, 6) is 0.183. The van der Waals surface area contributed by atoms with Gasteiger partial charge in [-0.25, -0.2) is 0 Å². The average molecular weight is 128 g/mol. The van der Waals surface area contributed by atoms with E-state index in [1.54, 1.807) is 6.08 Å². The first-order chi connectivity index (χ1) is 4.04. The summed E-state index contributed by atoms with van der Waals surface area (Å²) in [6, 6.07) is 0. The van der Waals surface area contributed by atoms with Crippen LogP contribution in [0.4, 0.5) is 0 Å². The molecule has 1 nitrogen and oxygen atoms in total. The Morgan fingerprint density at radius 1 is 1.78 bits per heavy atom. The molecule has 0 saturated carbocycles. The highest BCUT2D eigenvalue weighted by Gasteiger charge is 2.22. The fourth-order valence-corrected chi connectivity index (χ4v) is 0.576. The minimum absolute atomic E-state index is 0.183. The zero-order chi connectivity index (χ0) is 7.49. The van der Waals surface area contributed by atoms with Crippen LogP contribution >= 0.6 is 0 Å². The first-order valence-electron chi connectivity index (χ1n) is 3.39. The van der Waals surface area contributed by atoms with E-state index in [1.165, 1.54) is 0 Å². The Labute approximate surface area is 57.4 Å². The second-order valence-corrected chi connectivity index (χ2v) is 2.74. The van der Waals surface area contributed by atoms with Crippen molar-refractivity contribution >= 4 is 0 Å². The third-order valence-corrected chi connectivity index (χ3v) is 2.05. The van der Waals surface area contributed by atoms with Crippen molar-refractivity contribution in [3.05, 3.63) is 12.7 Å². The minimum Gasteiger partial charge on any atom is -0.390 e. The van der Waals surface area contributed by atoms with Crippen LogP contribution in [0, 0.1) is 5.92 Å². The van der Waals surface area contributed by atoms with Crippen molar-refractivity contribution in [2.75, 3.05) is 0 Å². The van der Waals surface area contributed by atoms with Crippen LogP contribution in [-0.2, 0) is 0 Å². The summed E-state index contributed by atoms with van der Waals surface area (Å²) in [6.07, 6.45) is 2.56. The second kappa shape index (κ2) is 3.02. The Morgan fingerprint density at radius 3 is 2.33 bits per heavy atom. The maximum atomic E-state index is 9.52. The van der Waals surface area contributed by atoms with Crippen LogP contribution in [0.3, 0.4) is 0 Å². The summed E-state index contributed by atoms with van der Waals surface area (Å²) in [5.41, 5.74) is -0.568. The lowest BCUT2D eigenvalue weighted by molar-refractivity contribution is 0.0210. The molecule has 0 rings (SSSR count). The minimum atomic E-state index is -0.568. The van der Waals surface area contributed by atoms with Gasteiger partial charge in [0.2, 0.25) is 0 Å². The lowest BCUT2D eigenvalue weighted by atomic mass is 9.89. The molecule has 0 spiro atoms. The predicted octanol–water partition coefficient (Wildman–Crippen LogP) is 1.97. The number of rotatable bonds is 3. The second-order valence-electron chi connectivity index (χ2n) is 2.74. The molecule has 0 bridgehead atoms. The largest absolute Gasteiger partial charge is 0.390 e. The first-order valence-corrected chi connectivity index (χ1v) is 3.39. The molecule has 0 saturated heterocycles. The topological polar surface area (TPSA) is 20.2 Å². The van der Waals surface area contributed by atoms with Crippen molar-refractivity contribution in [1.82, 2.24) is 0 Å². The van der Waals surface area contributed by atoms with Crippen molar-refractivity contribution in [2.24, 2.45) is 5.92 Å². The van der Waals surface area contributed by atoms with E-state index >= 15 is 0 Å². The predicted molar refractivity (Wildman–Crippen MR) is 40.3 cm³/mol. The molecule has 0 aromatic heterocycles. The fraction of sp³-hybridized carbons (Fsp3) is 0.750. The first kappa shape index (κ1) is 8.70. The highest BCUT2D eigenvalue weighted by molar-refractivity contribution is 4.88. The number of hydrogen-bond donors (Lipinski definition) is 1. The summed E-state index contributed by atoms with van der Waals surface area (Å²) in [5, 5.41) is 9.52. The molecule has 0 heterocycles. The van der Waals surface area contributed by atoms with E-state index in [4.69, 9.17) is 0 Å². The van der Waals surface area contributed by atoms with Gasteiger partial charge in [0, 0.05) is 5.92 Å². The van der Waals surface area contributed by atoms with E-state index in [0.717, 1.165) is 6.42 Å². The third-order valence-electron chi connectivity index (χ3n) is 2.05. The molecule has 0 aliphatic carbocycles. The molecule has 1 N–H and O–H groups in total. The van der Waals surface area contributed by atoms with Gasteiger partial charge >= 0.3 is 0 Å². The quantitative estimate of drug-likeness (QED) is 0.576. The lowest BCUT2D eigenvalue weighted by Gasteiger charge is -2.26. The van der Waals surface area contributed by atoms with Crippen molar-refractivity contribution in [3.63, 3.8) is 0 Å². The normalized spacial score (nSPS) is 20.4. The molecular weight excluding hydrogens is 112 g/mol. The number of aliphatic hydroxyl groups is 1. The monoisotopic (exact) mass is 128 g/mol. The molecule has 1 heteroatoms. The van der Waals surface area contributed by atoms with Gasteiger partial charge in [-0.2, -0.15) is 0 Å². The van der Waals surface area contributed by atoms with E-state index in [-0.39, 0.29) is 5.92 Å². The van der Waals surface area contributed by atoms with Gasteiger partial charge in [0.05, 0.1) is 5.60 Å². The van der Waals surface area contributed by atoms with Gasteiger partial charge in [0.1, 0.15) is 0 Å². The summed E-state index contributed by atoms with van der Waals surface area (Å²) in [4.78, 5) is 0. The van der Waals surface area contributed by atoms with Gasteiger partial charge in [0.15, 0.2) is 0 Å². The maximum Gasteiger partial charge on any atom is 0.0676 e. The van der Waals surface area contributed by atoms with Gasteiger partial charge < -0.3 is 5.11 Å². The van der Waals surface area contributed by atoms with E-state index < -0.39 is 5.60 Å². The lowest BCUT2D eigenvalue weighted by Crippen LogP contribution is -2.30. The Bertz CT molecular complexity index is 94.7. The molecule has 9 heavy (non-hydrogen) atoms. The fourth-order valence-electron chi connectivity index (χ4n) is 0.576.